The first kappa shape index (κ1) is 29.4. The summed E-state index contributed by atoms with van der Waals surface area (Å²) >= 11 is 0. The maximum absolute atomic E-state index is 15.6. The Morgan fingerprint density at radius 3 is 2.44 bits per heavy atom. The van der Waals surface area contributed by atoms with Crippen LogP contribution in [0.25, 0.3) is 0 Å². The number of aliphatic hydroxyl groups is 1. The van der Waals surface area contributed by atoms with E-state index in [1.165, 1.54) is 0 Å². The second-order valence-corrected chi connectivity index (χ2v) is 15.4. The van der Waals surface area contributed by atoms with Gasteiger partial charge in [0.1, 0.15) is 0 Å². The summed E-state index contributed by atoms with van der Waals surface area (Å²) in [5.74, 6) is 0.0881. The summed E-state index contributed by atoms with van der Waals surface area (Å²) in [4.78, 5) is 29.1. The van der Waals surface area contributed by atoms with Crippen LogP contribution in [-0.4, -0.2) is 62.1 Å². The zero-order valence-corrected chi connectivity index (χ0v) is 24.5. The largest absolute Gasteiger partial charge is 0.395 e. The summed E-state index contributed by atoms with van der Waals surface area (Å²) in [7, 11) is -3.11. The van der Waals surface area contributed by atoms with Gasteiger partial charge in [-0.1, -0.05) is 49.4 Å². The fraction of sp³-hybridized carbons (Fsp3) is 0.548. The van der Waals surface area contributed by atoms with Crippen LogP contribution in [0, 0.1) is 5.92 Å². The van der Waals surface area contributed by atoms with Crippen molar-refractivity contribution < 1.29 is 23.5 Å². The number of benzene rings is 2. The van der Waals surface area contributed by atoms with Crippen LogP contribution in [0.4, 0.5) is 9.80 Å². The highest BCUT2D eigenvalue weighted by Crippen LogP contribution is 2.47. The third-order valence-electron chi connectivity index (χ3n) is 8.30. The molecule has 0 aliphatic carbocycles. The zero-order valence-electron chi connectivity index (χ0n) is 23.5. The molecule has 8 heteroatoms. The molecule has 2 aromatic rings. The number of anilines is 1. The number of halogens is 1. The first-order chi connectivity index (χ1) is 18.7. The van der Waals surface area contributed by atoms with Gasteiger partial charge in [-0.05, 0) is 68.0 Å². The summed E-state index contributed by atoms with van der Waals surface area (Å²) in [5, 5.41) is 9.57. The first-order valence-electron chi connectivity index (χ1n) is 14.3. The number of aliphatic hydroxyl groups excluding tert-OH is 1. The summed E-state index contributed by atoms with van der Waals surface area (Å²) in [6, 6.07) is 17.9. The van der Waals surface area contributed by atoms with Crippen LogP contribution in [-0.2, 0) is 27.3 Å². The van der Waals surface area contributed by atoms with Gasteiger partial charge < -0.3 is 23.8 Å². The molecule has 4 rings (SSSR count). The number of hydrogen-bond acceptors (Lipinski definition) is 4. The zero-order chi connectivity index (χ0) is 28.0. The van der Waals surface area contributed by atoms with Gasteiger partial charge in [-0.3, -0.25) is 9.59 Å². The van der Waals surface area contributed by atoms with Gasteiger partial charge in [0.15, 0.2) is 0 Å². The molecule has 4 atom stereocenters. The molecule has 212 valence electrons. The van der Waals surface area contributed by atoms with Crippen LogP contribution in [0.2, 0.25) is 18.6 Å². The normalized spacial score (nSPS) is 23.7. The maximum atomic E-state index is 15.6. The third kappa shape index (κ3) is 7.56. The fourth-order valence-electron chi connectivity index (χ4n) is 6.32. The van der Waals surface area contributed by atoms with E-state index < -0.39 is 14.5 Å². The van der Waals surface area contributed by atoms with Crippen LogP contribution in [0.3, 0.4) is 0 Å². The Labute approximate surface area is 233 Å². The highest BCUT2D eigenvalue weighted by molar-refractivity contribution is 6.72. The Morgan fingerprint density at radius 1 is 1.08 bits per heavy atom. The van der Waals surface area contributed by atoms with Gasteiger partial charge >= 0.3 is 0 Å². The van der Waals surface area contributed by atoms with E-state index in [1.807, 2.05) is 47.4 Å². The molecule has 0 unspecified atom stereocenters. The number of nitrogens with zero attached hydrogens (tertiary/aromatic N) is 2. The van der Waals surface area contributed by atoms with Gasteiger partial charge in [-0.25, -0.2) is 0 Å². The lowest BCUT2D eigenvalue weighted by Crippen LogP contribution is -2.40. The number of aryl methyl sites for hydroxylation is 1. The number of rotatable bonds is 11. The summed E-state index contributed by atoms with van der Waals surface area (Å²) in [5.41, 5.74) is 2.82. The lowest BCUT2D eigenvalue weighted by atomic mass is 9.95. The second kappa shape index (κ2) is 13.2. The number of amides is 2. The molecule has 0 aromatic heterocycles. The van der Waals surface area contributed by atoms with Crippen LogP contribution >= 0.6 is 0 Å². The minimum atomic E-state index is -3.11. The summed E-state index contributed by atoms with van der Waals surface area (Å²) in [6.07, 6.45) is 3.68. The van der Waals surface area contributed by atoms with Crippen molar-refractivity contribution in [1.82, 2.24) is 4.90 Å². The molecule has 2 aromatic carbocycles. The lowest BCUT2D eigenvalue weighted by Gasteiger charge is -2.30. The molecule has 6 nitrogen and oxygen atoms in total. The van der Waals surface area contributed by atoms with E-state index in [1.54, 1.807) is 18.0 Å². The molecule has 2 aliphatic rings. The molecule has 0 spiro atoms. The average molecular weight is 555 g/mol. The van der Waals surface area contributed by atoms with E-state index in [4.69, 9.17) is 4.74 Å². The highest BCUT2D eigenvalue weighted by atomic mass is 28.4. The van der Waals surface area contributed by atoms with Crippen molar-refractivity contribution in [3.63, 3.8) is 0 Å². The number of hydrogen-bond donors (Lipinski definition) is 1. The SMILES string of the molecule is C[C@H]1[C@H]([Si](C)(C)F)[C@@H](CC(=O)N(CCO)Cc2ccccc2)O[C@H]1CCc1ccc(N2CCCCC2=O)cc1. The Morgan fingerprint density at radius 2 is 1.79 bits per heavy atom. The maximum Gasteiger partial charge on any atom is 0.246 e. The predicted octanol–water partition coefficient (Wildman–Crippen LogP) is 5.50. The van der Waals surface area contributed by atoms with Crippen LogP contribution in [0.5, 0.6) is 0 Å². The monoisotopic (exact) mass is 554 g/mol. The molecule has 2 aliphatic heterocycles. The molecule has 0 radical (unpaired) electrons. The van der Waals surface area contributed by atoms with Crippen molar-refractivity contribution in [3.8, 4) is 0 Å². The number of ether oxygens (including phenoxy) is 1. The van der Waals surface area contributed by atoms with E-state index in [9.17, 15) is 14.7 Å². The van der Waals surface area contributed by atoms with Gasteiger partial charge in [0.25, 0.3) is 0 Å². The Kier molecular flexibility index (Phi) is 9.96. The molecular weight excluding hydrogens is 511 g/mol. The molecular formula is C31H43FN2O4Si. The van der Waals surface area contributed by atoms with Gasteiger partial charge in [-0.15, -0.1) is 0 Å². The van der Waals surface area contributed by atoms with Crippen molar-refractivity contribution in [2.75, 3.05) is 24.6 Å². The molecule has 2 fully saturated rings. The van der Waals surface area contributed by atoms with Crippen molar-refractivity contribution in [1.29, 1.82) is 0 Å². The van der Waals surface area contributed by atoms with Crippen molar-refractivity contribution >= 4 is 25.9 Å². The first-order valence-corrected chi connectivity index (χ1v) is 17.3. The third-order valence-corrected chi connectivity index (χ3v) is 10.8. The standard InChI is InChI=1S/C31H43FN2O4Si/c1-23-27(17-14-24-12-15-26(16-13-24)34-18-8-7-11-29(34)36)38-28(31(23)39(2,3)32)21-30(37)33(19-20-35)22-25-9-5-4-6-10-25/h4-6,9-10,12-13,15-16,23,27-28,31,35H,7-8,11,14,17-22H2,1-3H3/t23-,27+,28-,31+/m1/s1. The van der Waals surface area contributed by atoms with E-state index in [2.05, 4.69) is 19.1 Å². The number of piperidine rings is 1. The van der Waals surface area contributed by atoms with Gasteiger partial charge in [-0.2, -0.15) is 0 Å². The highest BCUT2D eigenvalue weighted by Gasteiger charge is 2.51. The summed E-state index contributed by atoms with van der Waals surface area (Å²) in [6.45, 7) is 6.79. The second-order valence-electron chi connectivity index (χ2n) is 11.6. The van der Waals surface area contributed by atoms with E-state index in [-0.39, 0.29) is 48.9 Å². The number of carbonyl (C=O) groups is 2. The van der Waals surface area contributed by atoms with Crippen molar-refractivity contribution in [2.45, 2.75) is 82.8 Å². The molecule has 0 saturated carbocycles. The fourth-order valence-corrected chi connectivity index (χ4v) is 8.87. The molecule has 2 saturated heterocycles. The molecule has 0 bridgehead atoms. The Hall–Kier alpha value is -2.55. The van der Waals surface area contributed by atoms with E-state index >= 15 is 4.11 Å². The lowest BCUT2D eigenvalue weighted by molar-refractivity contribution is -0.135. The minimum Gasteiger partial charge on any atom is -0.395 e. The van der Waals surface area contributed by atoms with E-state index in [0.29, 0.717) is 13.0 Å². The molecule has 39 heavy (non-hydrogen) atoms. The quantitative estimate of drug-likeness (QED) is 0.294. The predicted molar refractivity (Wildman–Crippen MR) is 155 cm³/mol. The van der Waals surface area contributed by atoms with Gasteiger partial charge in [0.2, 0.25) is 20.2 Å². The minimum absolute atomic E-state index is 0.0140. The van der Waals surface area contributed by atoms with Crippen molar-refractivity contribution in [2.24, 2.45) is 5.92 Å². The van der Waals surface area contributed by atoms with Gasteiger partial charge in [0.05, 0.1) is 25.2 Å². The Bertz CT molecular complexity index is 1090. The molecule has 1 N–H and O–H groups in total. The Balaban J connectivity index is 1.39. The van der Waals surface area contributed by atoms with Gasteiger partial charge in [0, 0.05) is 37.3 Å². The van der Waals surface area contributed by atoms with Crippen LogP contribution in [0.15, 0.2) is 54.6 Å². The van der Waals surface area contributed by atoms with Crippen molar-refractivity contribution in [3.05, 3.63) is 65.7 Å². The molecule has 2 heterocycles. The van der Waals surface area contributed by atoms with Crippen LogP contribution < -0.4 is 4.90 Å². The smallest absolute Gasteiger partial charge is 0.246 e. The topological polar surface area (TPSA) is 70.1 Å². The van der Waals surface area contributed by atoms with E-state index in [0.717, 1.165) is 49.0 Å². The summed E-state index contributed by atoms with van der Waals surface area (Å²) < 4.78 is 22.0. The average Bonchev–Trinajstić information content (AvgIpc) is 3.23. The van der Waals surface area contributed by atoms with Crippen LogP contribution in [0.1, 0.15) is 50.2 Å². The number of carbonyl (C=O) groups excluding carboxylic acids is 2. The molecule has 2 amide bonds.